The lowest BCUT2D eigenvalue weighted by Gasteiger charge is -2.15. The molecule has 4 rings (SSSR count). The average Bonchev–Trinajstić information content (AvgIpc) is 3.27. The number of rotatable bonds is 8. The maximum Gasteiger partial charge on any atom is 0.251 e. The molecule has 0 saturated carbocycles. The molecule has 2 aromatic heterocycles. The molecule has 180 valence electrons. The molecular weight excluding hydrogens is 445 g/mol. The molecule has 35 heavy (non-hydrogen) atoms. The smallest absolute Gasteiger partial charge is 0.251 e. The van der Waals surface area contributed by atoms with Crippen molar-refractivity contribution in [2.45, 2.75) is 34.1 Å². The third kappa shape index (κ3) is 5.57. The number of pyridine rings is 1. The van der Waals surface area contributed by atoms with Gasteiger partial charge in [-0.15, -0.1) is 0 Å². The van der Waals surface area contributed by atoms with Gasteiger partial charge in [-0.3, -0.25) is 4.79 Å². The van der Waals surface area contributed by atoms with E-state index in [4.69, 9.17) is 14.1 Å². The largest absolute Gasteiger partial charge is 0.491 e. The summed E-state index contributed by atoms with van der Waals surface area (Å²) in [6.45, 7) is 8.54. The van der Waals surface area contributed by atoms with Crippen molar-refractivity contribution in [3.05, 3.63) is 88.9 Å². The van der Waals surface area contributed by atoms with Crippen LogP contribution in [-0.2, 0) is 6.42 Å². The van der Waals surface area contributed by atoms with E-state index in [9.17, 15) is 9.18 Å². The highest BCUT2D eigenvalue weighted by Crippen LogP contribution is 2.32. The molecule has 1 amide bonds. The molecule has 0 fully saturated rings. The van der Waals surface area contributed by atoms with Crippen molar-refractivity contribution in [2.24, 2.45) is 0 Å². The van der Waals surface area contributed by atoms with Crippen LogP contribution in [0.3, 0.4) is 0 Å². The van der Waals surface area contributed by atoms with Gasteiger partial charge >= 0.3 is 0 Å². The van der Waals surface area contributed by atoms with E-state index in [0.717, 1.165) is 33.6 Å². The Morgan fingerprint density at radius 2 is 1.80 bits per heavy atom. The van der Waals surface area contributed by atoms with Crippen molar-refractivity contribution in [2.75, 3.05) is 13.2 Å². The maximum absolute atomic E-state index is 13.4. The summed E-state index contributed by atoms with van der Waals surface area (Å²) in [6.07, 6.45) is 2.16. The number of oxazole rings is 1. The molecule has 0 unspecified atom stereocenters. The average molecular weight is 474 g/mol. The molecular formula is C28H28FN3O3. The van der Waals surface area contributed by atoms with Gasteiger partial charge in [0, 0.05) is 42.3 Å². The van der Waals surface area contributed by atoms with E-state index in [1.165, 1.54) is 12.1 Å². The number of hydrogen-bond donors (Lipinski definition) is 1. The monoisotopic (exact) mass is 473 g/mol. The Morgan fingerprint density at radius 1 is 1.03 bits per heavy atom. The number of carbonyl (C=O) groups is 1. The van der Waals surface area contributed by atoms with Crippen LogP contribution in [0.1, 0.15) is 40.0 Å². The van der Waals surface area contributed by atoms with Crippen molar-refractivity contribution >= 4 is 5.91 Å². The first-order chi connectivity index (χ1) is 16.9. The van der Waals surface area contributed by atoms with E-state index in [1.54, 1.807) is 31.4 Å². The standard InChI is InChI=1S/C28H28FN3O3/c1-5-34-27-18(3)15-23(32-26(27)20-6-9-22(29)10-7-20)12-13-30-28(33)21-8-11-24(17(2)14-21)25-16-35-19(4)31-25/h6-11,14-16H,5,12-13H2,1-4H3,(H,30,33). The number of halogens is 1. The number of benzene rings is 2. The molecule has 0 saturated heterocycles. The Kier molecular flexibility index (Phi) is 7.25. The number of nitrogens with zero attached hydrogens (tertiary/aromatic N) is 2. The van der Waals surface area contributed by atoms with Gasteiger partial charge in [0.2, 0.25) is 0 Å². The SMILES string of the molecule is CCOc1c(C)cc(CCNC(=O)c2ccc(-c3coc(C)n3)c(C)c2)nc1-c1ccc(F)cc1. The summed E-state index contributed by atoms with van der Waals surface area (Å²) < 4.78 is 24.5. The van der Waals surface area contributed by atoms with Gasteiger partial charge in [-0.1, -0.05) is 6.07 Å². The van der Waals surface area contributed by atoms with Crippen molar-refractivity contribution < 1.29 is 18.3 Å². The van der Waals surface area contributed by atoms with Crippen molar-refractivity contribution in [1.29, 1.82) is 0 Å². The minimum Gasteiger partial charge on any atom is -0.491 e. The molecule has 0 spiro atoms. The van der Waals surface area contributed by atoms with E-state index < -0.39 is 0 Å². The van der Waals surface area contributed by atoms with Gasteiger partial charge in [-0.25, -0.2) is 14.4 Å². The number of ether oxygens (including phenoxy) is 1. The second-order valence-corrected chi connectivity index (χ2v) is 8.34. The lowest BCUT2D eigenvalue weighted by atomic mass is 10.0. The van der Waals surface area contributed by atoms with Gasteiger partial charge in [0.1, 0.15) is 29.2 Å². The van der Waals surface area contributed by atoms with Crippen molar-refractivity contribution in [3.8, 4) is 28.3 Å². The van der Waals surface area contributed by atoms with Gasteiger partial charge in [0.25, 0.3) is 5.91 Å². The first-order valence-electron chi connectivity index (χ1n) is 11.6. The van der Waals surface area contributed by atoms with Crippen molar-refractivity contribution in [1.82, 2.24) is 15.3 Å². The van der Waals surface area contributed by atoms with E-state index in [0.29, 0.717) is 42.5 Å². The Labute approximate surface area is 204 Å². The molecule has 2 aromatic carbocycles. The minimum atomic E-state index is -0.304. The highest BCUT2D eigenvalue weighted by molar-refractivity contribution is 5.95. The summed E-state index contributed by atoms with van der Waals surface area (Å²) in [5.74, 6) is 0.825. The van der Waals surface area contributed by atoms with Crippen LogP contribution >= 0.6 is 0 Å². The highest BCUT2D eigenvalue weighted by Gasteiger charge is 2.15. The van der Waals surface area contributed by atoms with Crippen LogP contribution < -0.4 is 10.1 Å². The predicted octanol–water partition coefficient (Wildman–Crippen LogP) is 5.84. The summed E-state index contributed by atoms with van der Waals surface area (Å²) in [5.41, 5.74) is 6.41. The Bertz CT molecular complexity index is 1350. The quantitative estimate of drug-likeness (QED) is 0.348. The third-order valence-corrected chi connectivity index (χ3v) is 5.67. The van der Waals surface area contributed by atoms with Crippen LogP contribution in [0.25, 0.3) is 22.5 Å². The summed E-state index contributed by atoms with van der Waals surface area (Å²) in [4.78, 5) is 21.9. The number of aryl methyl sites for hydroxylation is 3. The van der Waals surface area contributed by atoms with Gasteiger partial charge < -0.3 is 14.5 Å². The lowest BCUT2D eigenvalue weighted by Crippen LogP contribution is -2.26. The van der Waals surface area contributed by atoms with Crippen LogP contribution in [0, 0.1) is 26.6 Å². The fourth-order valence-electron chi connectivity index (χ4n) is 3.97. The molecule has 1 N–H and O–H groups in total. The first kappa shape index (κ1) is 24.1. The summed E-state index contributed by atoms with van der Waals surface area (Å²) in [7, 11) is 0. The second kappa shape index (κ2) is 10.5. The third-order valence-electron chi connectivity index (χ3n) is 5.67. The van der Waals surface area contributed by atoms with Crippen LogP contribution in [0.15, 0.2) is 59.2 Å². The molecule has 0 bridgehead atoms. The summed E-state index contributed by atoms with van der Waals surface area (Å²) in [5, 5.41) is 2.97. The number of nitrogens with one attached hydrogen (secondary N) is 1. The molecule has 7 heteroatoms. The summed E-state index contributed by atoms with van der Waals surface area (Å²) >= 11 is 0. The second-order valence-electron chi connectivity index (χ2n) is 8.34. The zero-order valence-electron chi connectivity index (χ0n) is 20.3. The number of amides is 1. The number of carbonyl (C=O) groups excluding carboxylic acids is 1. The molecule has 4 aromatic rings. The number of hydrogen-bond acceptors (Lipinski definition) is 5. The van der Waals surface area contributed by atoms with Crippen LogP contribution in [-0.4, -0.2) is 29.0 Å². The van der Waals surface area contributed by atoms with E-state index in [-0.39, 0.29) is 11.7 Å². The Balaban J connectivity index is 1.46. The first-order valence-corrected chi connectivity index (χ1v) is 11.6. The van der Waals surface area contributed by atoms with Gasteiger partial charge in [-0.2, -0.15) is 0 Å². The normalized spacial score (nSPS) is 10.9. The Morgan fingerprint density at radius 3 is 2.46 bits per heavy atom. The number of aromatic nitrogens is 2. The minimum absolute atomic E-state index is 0.155. The van der Waals surface area contributed by atoms with E-state index in [1.807, 2.05) is 39.0 Å². The zero-order chi connectivity index (χ0) is 24.9. The van der Waals surface area contributed by atoms with Crippen LogP contribution in [0.5, 0.6) is 5.75 Å². The van der Waals surface area contributed by atoms with Crippen LogP contribution in [0.2, 0.25) is 0 Å². The molecule has 6 nitrogen and oxygen atoms in total. The zero-order valence-corrected chi connectivity index (χ0v) is 20.3. The topological polar surface area (TPSA) is 77.2 Å². The lowest BCUT2D eigenvalue weighted by molar-refractivity contribution is 0.0954. The molecule has 0 aliphatic carbocycles. The molecule has 0 aliphatic heterocycles. The maximum atomic E-state index is 13.4. The molecule has 0 aliphatic rings. The van der Waals surface area contributed by atoms with Gasteiger partial charge in [-0.05, 0) is 74.4 Å². The highest BCUT2D eigenvalue weighted by atomic mass is 19.1. The predicted molar refractivity (Wildman–Crippen MR) is 133 cm³/mol. The fraction of sp³-hybridized carbons (Fsp3) is 0.250. The molecule has 0 radical (unpaired) electrons. The molecule has 2 heterocycles. The van der Waals surface area contributed by atoms with Crippen molar-refractivity contribution in [3.63, 3.8) is 0 Å². The van der Waals surface area contributed by atoms with E-state index in [2.05, 4.69) is 10.3 Å². The van der Waals surface area contributed by atoms with Crippen LogP contribution in [0.4, 0.5) is 4.39 Å². The fourth-order valence-corrected chi connectivity index (χ4v) is 3.97. The van der Waals surface area contributed by atoms with Gasteiger partial charge in [0.05, 0.1) is 6.61 Å². The Hall–Kier alpha value is -4.00. The van der Waals surface area contributed by atoms with Gasteiger partial charge in [0.15, 0.2) is 5.89 Å². The summed E-state index contributed by atoms with van der Waals surface area (Å²) in [6, 6.07) is 13.7. The van der Waals surface area contributed by atoms with E-state index >= 15 is 0 Å². The molecule has 0 atom stereocenters.